The number of nitrogens with two attached hydrogens (primary N) is 1. The van der Waals surface area contributed by atoms with E-state index in [2.05, 4.69) is 25.5 Å². The third-order valence-corrected chi connectivity index (χ3v) is 8.27. The first-order valence-corrected chi connectivity index (χ1v) is 16.4. The molecule has 0 aliphatic carbocycles. The van der Waals surface area contributed by atoms with Gasteiger partial charge >= 0.3 is 17.1 Å². The van der Waals surface area contributed by atoms with Crippen molar-refractivity contribution in [3.05, 3.63) is 104 Å². The molecule has 57 heavy (non-hydrogen) atoms. The summed E-state index contributed by atoms with van der Waals surface area (Å²) in [6.07, 6.45) is 6.76. The predicted molar refractivity (Wildman–Crippen MR) is 209 cm³/mol. The summed E-state index contributed by atoms with van der Waals surface area (Å²) in [5.74, 6) is 1.38. The number of H-pyrrole nitrogens is 1. The van der Waals surface area contributed by atoms with E-state index in [0.29, 0.717) is 27.9 Å². The van der Waals surface area contributed by atoms with E-state index >= 15 is 0 Å². The SMILES string of the molecule is COc1cc2[nH]ncc2cc1[N+](=O)[O-].COc1cc2c(cnn2C)cc1[N+](=O)[O-].COc1cc2nn(C)cc2cc1N.COc1cc2nn(C)cc2cc1[N+](=O)[O-]. The monoisotopic (exact) mass is 784 g/mol. The van der Waals surface area contributed by atoms with Crippen LogP contribution < -0.4 is 24.7 Å². The molecule has 8 rings (SSSR count). The summed E-state index contributed by atoms with van der Waals surface area (Å²) in [7, 11) is 11.2. The van der Waals surface area contributed by atoms with Crippen molar-refractivity contribution < 1.29 is 33.7 Å². The van der Waals surface area contributed by atoms with E-state index < -0.39 is 14.8 Å². The lowest BCUT2D eigenvalue weighted by atomic mass is 10.2. The first-order chi connectivity index (χ1) is 27.2. The number of nitrogen functional groups attached to an aromatic ring is 1. The van der Waals surface area contributed by atoms with Crippen LogP contribution in [0.15, 0.2) is 73.3 Å². The van der Waals surface area contributed by atoms with Gasteiger partial charge in [-0.25, -0.2) is 0 Å². The third-order valence-electron chi connectivity index (χ3n) is 8.27. The Morgan fingerprint density at radius 3 is 1.58 bits per heavy atom. The highest BCUT2D eigenvalue weighted by molar-refractivity contribution is 5.86. The number of nitrogens with one attached hydrogen (secondary N) is 1. The molecule has 0 saturated heterocycles. The highest BCUT2D eigenvalue weighted by Crippen LogP contribution is 2.33. The van der Waals surface area contributed by atoms with Crippen molar-refractivity contribution >= 4 is 66.4 Å². The Morgan fingerprint density at radius 1 is 0.596 bits per heavy atom. The molecule has 0 aliphatic rings. The number of aromatic amines is 1. The minimum Gasteiger partial charge on any atom is -0.495 e. The van der Waals surface area contributed by atoms with Gasteiger partial charge in [-0.3, -0.25) is 49.5 Å². The molecule has 0 radical (unpaired) electrons. The van der Waals surface area contributed by atoms with Crippen molar-refractivity contribution in [3.8, 4) is 23.0 Å². The molecule has 8 aromatic rings. The number of rotatable bonds is 7. The first-order valence-electron chi connectivity index (χ1n) is 16.4. The minimum absolute atomic E-state index is 0.0435. The second-order valence-corrected chi connectivity index (χ2v) is 11.9. The van der Waals surface area contributed by atoms with Crippen LogP contribution in [0, 0.1) is 30.3 Å². The van der Waals surface area contributed by atoms with Gasteiger partial charge in [0.2, 0.25) is 0 Å². The number of hydrogen-bond donors (Lipinski definition) is 2. The number of ether oxygens (including phenoxy) is 4. The van der Waals surface area contributed by atoms with Crippen LogP contribution in [-0.4, -0.2) is 82.7 Å². The van der Waals surface area contributed by atoms with Crippen LogP contribution in [0.3, 0.4) is 0 Å². The Kier molecular flexibility index (Phi) is 11.9. The van der Waals surface area contributed by atoms with Crippen molar-refractivity contribution in [2.75, 3.05) is 34.2 Å². The number of nitrogens with zero attached hydrogens (tertiary/aromatic N) is 10. The normalized spacial score (nSPS) is 10.5. The summed E-state index contributed by atoms with van der Waals surface area (Å²) < 4.78 is 24.9. The van der Waals surface area contributed by atoms with Crippen LogP contribution in [0.4, 0.5) is 22.7 Å². The summed E-state index contributed by atoms with van der Waals surface area (Å²) in [4.78, 5) is 30.7. The van der Waals surface area contributed by atoms with E-state index in [0.717, 1.165) is 27.2 Å². The van der Waals surface area contributed by atoms with Gasteiger partial charge in [-0.1, -0.05) is 0 Å². The van der Waals surface area contributed by atoms with Crippen LogP contribution in [-0.2, 0) is 21.1 Å². The molecular formula is C35H36N12O10. The zero-order valence-electron chi connectivity index (χ0n) is 31.6. The molecule has 22 heteroatoms. The maximum Gasteiger partial charge on any atom is 0.311 e. The number of anilines is 1. The number of benzene rings is 4. The summed E-state index contributed by atoms with van der Waals surface area (Å²) in [6, 6.07) is 12.8. The number of aromatic nitrogens is 8. The topological polar surface area (TPSA) is 274 Å². The van der Waals surface area contributed by atoms with Crippen molar-refractivity contribution in [1.82, 2.24) is 39.5 Å². The average molecular weight is 785 g/mol. The quantitative estimate of drug-likeness (QED) is 0.113. The number of hydrogen-bond acceptors (Lipinski definition) is 15. The second kappa shape index (κ2) is 17.0. The Bertz CT molecular complexity index is 2730. The van der Waals surface area contributed by atoms with Gasteiger partial charge in [-0.15, -0.1) is 0 Å². The largest absolute Gasteiger partial charge is 0.495 e. The van der Waals surface area contributed by atoms with Gasteiger partial charge in [-0.05, 0) is 6.07 Å². The molecule has 3 N–H and O–H groups in total. The molecule has 0 unspecified atom stereocenters. The molecule has 0 saturated carbocycles. The van der Waals surface area contributed by atoms with Crippen LogP contribution in [0.1, 0.15) is 0 Å². The molecule has 22 nitrogen and oxygen atoms in total. The molecule has 0 spiro atoms. The van der Waals surface area contributed by atoms with Crippen molar-refractivity contribution in [3.63, 3.8) is 0 Å². The molecule has 0 atom stereocenters. The summed E-state index contributed by atoms with van der Waals surface area (Å²) in [5.41, 5.74) is 9.34. The number of fused-ring (bicyclic) bond motifs is 4. The predicted octanol–water partition coefficient (Wildman–Crippen LogP) is 5.62. The van der Waals surface area contributed by atoms with Gasteiger partial charge < -0.3 is 24.7 Å². The second-order valence-electron chi connectivity index (χ2n) is 11.9. The molecule has 4 heterocycles. The lowest BCUT2D eigenvalue weighted by Gasteiger charge is -2.02. The zero-order chi connectivity index (χ0) is 41.6. The third kappa shape index (κ3) is 8.86. The molecule has 296 valence electrons. The summed E-state index contributed by atoms with van der Waals surface area (Å²) in [5, 5.41) is 54.1. The van der Waals surface area contributed by atoms with Gasteiger partial charge in [0.05, 0.1) is 83.4 Å². The molecular weight excluding hydrogens is 748 g/mol. The van der Waals surface area contributed by atoms with Gasteiger partial charge in [0.15, 0.2) is 17.2 Å². The molecule has 0 aliphatic heterocycles. The molecule has 4 aromatic heterocycles. The zero-order valence-corrected chi connectivity index (χ0v) is 31.6. The Hall–Kier alpha value is -8.04. The van der Waals surface area contributed by atoms with Crippen molar-refractivity contribution in [1.29, 1.82) is 0 Å². The fourth-order valence-corrected chi connectivity index (χ4v) is 5.58. The lowest BCUT2D eigenvalue weighted by molar-refractivity contribution is -0.385. The van der Waals surface area contributed by atoms with Crippen LogP contribution >= 0.6 is 0 Å². The van der Waals surface area contributed by atoms with E-state index in [1.54, 1.807) is 65.8 Å². The average Bonchev–Trinajstić information content (AvgIpc) is 3.98. The number of methoxy groups -OCH3 is 4. The molecule has 0 bridgehead atoms. The van der Waals surface area contributed by atoms with E-state index in [1.807, 2.05) is 25.4 Å². The Labute approximate surface area is 321 Å². The van der Waals surface area contributed by atoms with Crippen LogP contribution in [0.2, 0.25) is 0 Å². The highest BCUT2D eigenvalue weighted by atomic mass is 16.6. The minimum atomic E-state index is -0.481. The summed E-state index contributed by atoms with van der Waals surface area (Å²) in [6.45, 7) is 0. The fraction of sp³-hybridized carbons (Fsp3) is 0.200. The van der Waals surface area contributed by atoms with Crippen molar-refractivity contribution in [2.24, 2.45) is 21.1 Å². The number of nitro benzene ring substituents is 3. The lowest BCUT2D eigenvalue weighted by Crippen LogP contribution is -1.95. The number of aryl methyl sites for hydroxylation is 3. The Balaban J connectivity index is 0.000000145. The smallest absolute Gasteiger partial charge is 0.311 e. The highest BCUT2D eigenvalue weighted by Gasteiger charge is 2.19. The van der Waals surface area contributed by atoms with Gasteiger partial charge in [0.25, 0.3) is 0 Å². The van der Waals surface area contributed by atoms with E-state index in [4.69, 9.17) is 24.7 Å². The van der Waals surface area contributed by atoms with Gasteiger partial charge in [0, 0.05) is 97.5 Å². The summed E-state index contributed by atoms with van der Waals surface area (Å²) >= 11 is 0. The molecule has 0 fully saturated rings. The fourth-order valence-electron chi connectivity index (χ4n) is 5.58. The first kappa shape index (κ1) is 40.2. The van der Waals surface area contributed by atoms with Crippen LogP contribution in [0.5, 0.6) is 23.0 Å². The van der Waals surface area contributed by atoms with Gasteiger partial charge in [0.1, 0.15) is 5.75 Å². The van der Waals surface area contributed by atoms with E-state index in [1.165, 1.54) is 45.7 Å². The van der Waals surface area contributed by atoms with Gasteiger partial charge in [-0.2, -0.15) is 20.4 Å². The van der Waals surface area contributed by atoms with E-state index in [9.17, 15) is 30.3 Å². The maximum atomic E-state index is 10.7. The van der Waals surface area contributed by atoms with Crippen molar-refractivity contribution in [2.45, 2.75) is 0 Å². The maximum absolute atomic E-state index is 10.7. The molecule has 0 amide bonds. The Morgan fingerprint density at radius 2 is 1.05 bits per heavy atom. The number of nitro groups is 3. The molecule has 4 aromatic carbocycles. The van der Waals surface area contributed by atoms with E-state index in [-0.39, 0.29) is 34.3 Å². The van der Waals surface area contributed by atoms with Crippen LogP contribution in [0.25, 0.3) is 43.6 Å². The standard InChI is InChI=1S/2C9H9N3O3.C9H11N3O.C8H7N3O3/c1-11-5-6-3-8(12(13)14)9(15-2)4-7(6)10-11;1-11-7-4-9(15-2)8(12(13)14)3-6(7)5-10-11;1-12-5-6-3-7(10)9(13-2)4-8(6)11-12;1-14-8-3-6-5(4-9-10-6)2-7(8)11(12)13/h2*3-5H,1-2H3;3-5H,10H2,1-2H3;2-4H,1H3,(H,9,10).